The lowest BCUT2D eigenvalue weighted by Gasteiger charge is -2.47. The molecule has 0 N–H and O–H groups in total. The average Bonchev–Trinajstić information content (AvgIpc) is 3.30. The second-order valence-corrected chi connectivity index (χ2v) is 9.76. The lowest BCUT2D eigenvalue weighted by molar-refractivity contribution is -0.195. The predicted molar refractivity (Wildman–Crippen MR) is 139 cm³/mol. The van der Waals surface area contributed by atoms with Crippen LogP contribution in [0.3, 0.4) is 0 Å². The highest BCUT2D eigenvalue weighted by Crippen LogP contribution is 2.55. The van der Waals surface area contributed by atoms with E-state index in [2.05, 4.69) is 79.4 Å². The van der Waals surface area contributed by atoms with Gasteiger partial charge in [-0.05, 0) is 24.8 Å². The molecule has 2 aliphatic heterocycles. The van der Waals surface area contributed by atoms with Gasteiger partial charge in [0, 0.05) is 41.0 Å². The molecule has 4 nitrogen and oxygen atoms in total. The third-order valence-corrected chi connectivity index (χ3v) is 7.91. The van der Waals surface area contributed by atoms with Gasteiger partial charge in [0.25, 0.3) is 0 Å². The van der Waals surface area contributed by atoms with Crippen LogP contribution < -0.4 is 4.74 Å². The van der Waals surface area contributed by atoms with Crippen molar-refractivity contribution in [2.45, 2.75) is 36.9 Å². The molecule has 4 heteroatoms. The molecule has 0 aromatic heterocycles. The SMILES string of the molecule is C=C[C@@]12CCC3(C[C@@H]1CCOc1cc(N=C(c4ccccc4)c4ccccc4)ccc12)OCCO3. The molecule has 2 fully saturated rings. The molecule has 3 aromatic rings. The Morgan fingerprint density at radius 1 is 0.857 bits per heavy atom. The molecule has 35 heavy (non-hydrogen) atoms. The molecule has 3 aromatic carbocycles. The Kier molecular flexibility index (Phi) is 5.79. The Balaban J connectivity index is 1.40. The Labute approximate surface area is 207 Å². The van der Waals surface area contributed by atoms with Gasteiger partial charge in [-0.2, -0.15) is 0 Å². The highest BCUT2D eigenvalue weighted by Gasteiger charge is 2.52. The maximum atomic E-state index is 6.35. The van der Waals surface area contributed by atoms with E-state index in [1.165, 1.54) is 5.56 Å². The van der Waals surface area contributed by atoms with Crippen LogP contribution in [0.15, 0.2) is 96.5 Å². The predicted octanol–water partition coefficient (Wildman–Crippen LogP) is 6.61. The number of nitrogens with zero attached hydrogens (tertiary/aromatic N) is 1. The number of ether oxygens (including phenoxy) is 3. The summed E-state index contributed by atoms with van der Waals surface area (Å²) < 4.78 is 18.5. The van der Waals surface area contributed by atoms with Crippen molar-refractivity contribution in [2.75, 3.05) is 19.8 Å². The summed E-state index contributed by atoms with van der Waals surface area (Å²) in [4.78, 5) is 5.12. The van der Waals surface area contributed by atoms with Crippen LogP contribution in [-0.2, 0) is 14.9 Å². The summed E-state index contributed by atoms with van der Waals surface area (Å²) in [6, 6.07) is 27.1. The summed E-state index contributed by atoms with van der Waals surface area (Å²) in [5, 5.41) is 0. The van der Waals surface area contributed by atoms with Crippen LogP contribution in [-0.4, -0.2) is 31.3 Å². The lowest BCUT2D eigenvalue weighted by atomic mass is 9.60. The van der Waals surface area contributed by atoms with Gasteiger partial charge in [-0.1, -0.05) is 72.8 Å². The molecule has 3 aliphatic rings. The Morgan fingerprint density at radius 2 is 1.54 bits per heavy atom. The number of fused-ring (bicyclic) bond motifs is 3. The van der Waals surface area contributed by atoms with Gasteiger partial charge in [0.1, 0.15) is 5.75 Å². The Hall–Kier alpha value is -3.21. The first-order valence-electron chi connectivity index (χ1n) is 12.6. The largest absolute Gasteiger partial charge is 0.493 e. The number of benzene rings is 3. The van der Waals surface area contributed by atoms with Gasteiger partial charge < -0.3 is 14.2 Å². The van der Waals surface area contributed by atoms with E-state index in [1.807, 2.05) is 12.1 Å². The molecule has 0 bridgehead atoms. The van der Waals surface area contributed by atoms with Crippen molar-refractivity contribution < 1.29 is 14.2 Å². The molecule has 0 radical (unpaired) electrons. The van der Waals surface area contributed by atoms with E-state index in [-0.39, 0.29) is 5.41 Å². The van der Waals surface area contributed by atoms with Gasteiger partial charge in [0.05, 0.1) is 31.2 Å². The number of rotatable bonds is 4. The molecule has 0 unspecified atom stereocenters. The van der Waals surface area contributed by atoms with Gasteiger partial charge in [0.2, 0.25) is 0 Å². The van der Waals surface area contributed by atoms with E-state index < -0.39 is 5.79 Å². The third kappa shape index (κ3) is 4.01. The van der Waals surface area contributed by atoms with Crippen molar-refractivity contribution in [3.63, 3.8) is 0 Å². The topological polar surface area (TPSA) is 40.0 Å². The first-order chi connectivity index (χ1) is 17.2. The highest BCUT2D eigenvalue weighted by atomic mass is 16.7. The van der Waals surface area contributed by atoms with E-state index in [1.54, 1.807) is 0 Å². The Bertz CT molecular complexity index is 1190. The molecule has 1 saturated carbocycles. The fraction of sp³-hybridized carbons (Fsp3) is 0.323. The Morgan fingerprint density at radius 3 is 2.20 bits per heavy atom. The van der Waals surface area contributed by atoms with Gasteiger partial charge in [-0.3, -0.25) is 0 Å². The first kappa shape index (κ1) is 22.3. The fourth-order valence-corrected chi connectivity index (χ4v) is 6.13. The summed E-state index contributed by atoms with van der Waals surface area (Å²) in [6.45, 7) is 6.34. The zero-order chi connectivity index (χ0) is 23.7. The molecule has 0 amide bonds. The third-order valence-electron chi connectivity index (χ3n) is 7.91. The van der Waals surface area contributed by atoms with Gasteiger partial charge in [0.15, 0.2) is 5.79 Å². The lowest BCUT2D eigenvalue weighted by Crippen LogP contribution is -2.47. The summed E-state index contributed by atoms with van der Waals surface area (Å²) in [5.74, 6) is 0.858. The molecule has 6 rings (SSSR count). The van der Waals surface area contributed by atoms with Crippen LogP contribution in [0.2, 0.25) is 0 Å². The summed E-state index contributed by atoms with van der Waals surface area (Å²) in [5.41, 5.74) is 5.08. The quantitative estimate of drug-likeness (QED) is 0.322. The highest BCUT2D eigenvalue weighted by molar-refractivity contribution is 6.13. The number of hydrogen-bond donors (Lipinski definition) is 0. The fourth-order valence-electron chi connectivity index (χ4n) is 6.13. The molecule has 1 spiro atoms. The van der Waals surface area contributed by atoms with Crippen LogP contribution in [0, 0.1) is 5.92 Å². The molecule has 2 atom stereocenters. The van der Waals surface area contributed by atoms with Crippen molar-refractivity contribution >= 4 is 11.4 Å². The van der Waals surface area contributed by atoms with Crippen molar-refractivity contribution in [3.8, 4) is 5.75 Å². The maximum absolute atomic E-state index is 6.35. The second-order valence-electron chi connectivity index (χ2n) is 9.76. The number of aliphatic imine (C=N–C) groups is 1. The molecular formula is C31H31NO3. The van der Waals surface area contributed by atoms with Crippen LogP contribution in [0.1, 0.15) is 42.4 Å². The van der Waals surface area contributed by atoms with E-state index in [4.69, 9.17) is 19.2 Å². The van der Waals surface area contributed by atoms with E-state index in [0.717, 1.165) is 54.0 Å². The van der Waals surface area contributed by atoms with Crippen molar-refractivity contribution in [2.24, 2.45) is 10.9 Å². The maximum Gasteiger partial charge on any atom is 0.168 e. The number of allylic oxidation sites excluding steroid dienone is 1. The summed E-state index contributed by atoms with van der Waals surface area (Å²) in [6.07, 6.45) is 5.80. The molecule has 1 aliphatic carbocycles. The molecule has 1 saturated heterocycles. The van der Waals surface area contributed by atoms with E-state index in [9.17, 15) is 0 Å². The van der Waals surface area contributed by atoms with Crippen molar-refractivity contribution in [1.29, 1.82) is 0 Å². The smallest absolute Gasteiger partial charge is 0.168 e. The minimum Gasteiger partial charge on any atom is -0.493 e. The molecule has 178 valence electrons. The molecular weight excluding hydrogens is 434 g/mol. The molecule has 2 heterocycles. The average molecular weight is 466 g/mol. The summed E-state index contributed by atoms with van der Waals surface area (Å²) in [7, 11) is 0. The zero-order valence-electron chi connectivity index (χ0n) is 20.0. The standard InChI is InChI=1S/C31H31NO3/c1-2-30-16-17-31(34-19-20-35-31)22-25(30)15-18-33-28-21-26(13-14-27(28)30)32-29(23-9-5-3-6-10-23)24-11-7-4-8-12-24/h2-14,21,25H,1,15-20,22H2/t25-,30+/m0/s1. The van der Waals surface area contributed by atoms with E-state index in [0.29, 0.717) is 25.7 Å². The zero-order valence-corrected chi connectivity index (χ0v) is 20.0. The van der Waals surface area contributed by atoms with Crippen LogP contribution in [0.4, 0.5) is 5.69 Å². The van der Waals surface area contributed by atoms with Gasteiger partial charge in [-0.15, -0.1) is 6.58 Å². The number of hydrogen-bond acceptors (Lipinski definition) is 4. The minimum absolute atomic E-state index is 0.143. The van der Waals surface area contributed by atoms with E-state index >= 15 is 0 Å². The van der Waals surface area contributed by atoms with Gasteiger partial charge in [-0.25, -0.2) is 4.99 Å². The second kappa shape index (κ2) is 9.10. The monoisotopic (exact) mass is 465 g/mol. The minimum atomic E-state index is -0.424. The van der Waals surface area contributed by atoms with Crippen molar-refractivity contribution in [1.82, 2.24) is 0 Å². The van der Waals surface area contributed by atoms with Crippen LogP contribution >= 0.6 is 0 Å². The van der Waals surface area contributed by atoms with Crippen LogP contribution in [0.25, 0.3) is 0 Å². The van der Waals surface area contributed by atoms with Crippen LogP contribution in [0.5, 0.6) is 5.75 Å². The van der Waals surface area contributed by atoms with Gasteiger partial charge >= 0.3 is 0 Å². The van der Waals surface area contributed by atoms with Crippen molar-refractivity contribution in [3.05, 3.63) is 108 Å². The summed E-state index contributed by atoms with van der Waals surface area (Å²) >= 11 is 0. The normalized spacial score (nSPS) is 24.5. The first-order valence-corrected chi connectivity index (χ1v) is 12.6.